The molecule has 6 nitrogen and oxygen atoms in total. The number of carbonyl (C=O) groups excluding carboxylic acids is 1. The molecular formula is C18H24N2O4S. The largest absolute Gasteiger partial charge is 0.468 e. The van der Waals surface area contributed by atoms with E-state index in [-0.39, 0.29) is 18.5 Å². The van der Waals surface area contributed by atoms with E-state index >= 15 is 0 Å². The molecule has 0 saturated heterocycles. The predicted octanol–water partition coefficient (Wildman–Crippen LogP) is 2.98. The summed E-state index contributed by atoms with van der Waals surface area (Å²) in [5.74, 6) is 0.0771. The highest BCUT2D eigenvalue weighted by atomic mass is 32.2. The summed E-state index contributed by atoms with van der Waals surface area (Å²) in [6.45, 7) is 6.07. The van der Waals surface area contributed by atoms with Gasteiger partial charge in [-0.25, -0.2) is 8.42 Å². The Morgan fingerprint density at radius 2 is 1.80 bits per heavy atom. The van der Waals surface area contributed by atoms with Crippen LogP contribution in [0, 0.1) is 0 Å². The zero-order valence-electron chi connectivity index (χ0n) is 14.9. The first-order valence-corrected chi connectivity index (χ1v) is 9.78. The van der Waals surface area contributed by atoms with E-state index in [4.69, 9.17) is 4.42 Å². The number of sulfonamides is 1. The molecule has 1 aromatic carbocycles. The molecule has 1 N–H and O–H groups in total. The van der Waals surface area contributed by atoms with Gasteiger partial charge >= 0.3 is 0 Å². The summed E-state index contributed by atoms with van der Waals surface area (Å²) in [5.41, 5.74) is 1.81. The highest BCUT2D eigenvalue weighted by Gasteiger charge is 2.22. The molecule has 0 aliphatic carbocycles. The van der Waals surface area contributed by atoms with Gasteiger partial charge in [0, 0.05) is 5.69 Å². The Labute approximate surface area is 148 Å². The van der Waals surface area contributed by atoms with Gasteiger partial charge in [-0.05, 0) is 35.2 Å². The zero-order chi connectivity index (χ0) is 18.7. The molecule has 1 heterocycles. The highest BCUT2D eigenvalue weighted by molar-refractivity contribution is 7.88. The summed E-state index contributed by atoms with van der Waals surface area (Å²) >= 11 is 0. The molecule has 0 spiro atoms. The van der Waals surface area contributed by atoms with E-state index in [0.29, 0.717) is 11.4 Å². The predicted molar refractivity (Wildman–Crippen MR) is 97.7 cm³/mol. The van der Waals surface area contributed by atoms with Crippen LogP contribution in [0.4, 0.5) is 5.69 Å². The van der Waals surface area contributed by atoms with Crippen LogP contribution in [0.2, 0.25) is 0 Å². The molecule has 2 rings (SSSR count). The lowest BCUT2D eigenvalue weighted by Gasteiger charge is -2.20. The normalized spacial score (nSPS) is 12.4. The van der Waals surface area contributed by atoms with Crippen LogP contribution in [0.5, 0.6) is 0 Å². The van der Waals surface area contributed by atoms with Crippen molar-refractivity contribution in [2.75, 3.05) is 18.1 Å². The number of carbonyl (C=O) groups is 1. The Balaban J connectivity index is 2.03. The third-order valence-electron chi connectivity index (χ3n) is 3.74. The van der Waals surface area contributed by atoms with Crippen molar-refractivity contribution < 1.29 is 17.6 Å². The van der Waals surface area contributed by atoms with Crippen LogP contribution in [-0.2, 0) is 26.8 Å². The Morgan fingerprint density at radius 3 is 2.28 bits per heavy atom. The van der Waals surface area contributed by atoms with Crippen LogP contribution in [-0.4, -0.2) is 31.4 Å². The average Bonchev–Trinajstić information content (AvgIpc) is 2.98. The van der Waals surface area contributed by atoms with Gasteiger partial charge in [-0.3, -0.25) is 4.79 Å². The highest BCUT2D eigenvalue weighted by Crippen LogP contribution is 2.23. The van der Waals surface area contributed by atoms with Gasteiger partial charge in [0.1, 0.15) is 5.76 Å². The molecule has 0 aliphatic heterocycles. The molecule has 25 heavy (non-hydrogen) atoms. The van der Waals surface area contributed by atoms with Crippen LogP contribution >= 0.6 is 0 Å². The number of hydrogen-bond acceptors (Lipinski definition) is 4. The van der Waals surface area contributed by atoms with Gasteiger partial charge in [-0.15, -0.1) is 0 Å². The number of nitrogens with zero attached hydrogens (tertiary/aromatic N) is 1. The van der Waals surface area contributed by atoms with Crippen molar-refractivity contribution in [3.63, 3.8) is 0 Å². The first kappa shape index (κ1) is 19.2. The topological polar surface area (TPSA) is 79.6 Å². The lowest BCUT2D eigenvalue weighted by Crippen LogP contribution is -2.36. The lowest BCUT2D eigenvalue weighted by atomic mass is 9.87. The fraction of sp³-hybridized carbons (Fsp3) is 0.389. The van der Waals surface area contributed by atoms with Crippen LogP contribution in [0.15, 0.2) is 47.1 Å². The molecule has 0 bridgehead atoms. The fourth-order valence-corrected chi connectivity index (χ4v) is 2.99. The molecule has 0 saturated carbocycles. The molecular weight excluding hydrogens is 340 g/mol. The van der Waals surface area contributed by atoms with Gasteiger partial charge < -0.3 is 9.73 Å². The van der Waals surface area contributed by atoms with Crippen molar-refractivity contribution in [1.82, 2.24) is 4.31 Å². The number of anilines is 1. The van der Waals surface area contributed by atoms with Crippen molar-refractivity contribution in [2.45, 2.75) is 32.7 Å². The van der Waals surface area contributed by atoms with E-state index < -0.39 is 15.9 Å². The SMILES string of the molecule is CC(C)(C)c1ccc(NC(=O)CN(Cc2ccco2)S(C)(=O)=O)cc1. The van der Waals surface area contributed by atoms with E-state index in [1.54, 1.807) is 12.1 Å². The molecule has 0 aliphatic rings. The Bertz CT molecular complexity index is 804. The number of amides is 1. The minimum atomic E-state index is -3.54. The molecule has 0 atom stereocenters. The van der Waals surface area contributed by atoms with Crippen LogP contribution in [0.25, 0.3) is 0 Å². The second kappa shape index (κ2) is 7.41. The lowest BCUT2D eigenvalue weighted by molar-refractivity contribution is -0.116. The maximum absolute atomic E-state index is 12.2. The van der Waals surface area contributed by atoms with E-state index in [9.17, 15) is 13.2 Å². The van der Waals surface area contributed by atoms with Crippen molar-refractivity contribution in [3.8, 4) is 0 Å². The van der Waals surface area contributed by atoms with Gasteiger partial charge in [0.25, 0.3) is 0 Å². The summed E-state index contributed by atoms with van der Waals surface area (Å²) in [6, 6.07) is 10.9. The number of hydrogen-bond donors (Lipinski definition) is 1. The molecule has 0 fully saturated rings. The Morgan fingerprint density at radius 1 is 1.16 bits per heavy atom. The molecule has 0 unspecified atom stereocenters. The molecule has 1 aromatic heterocycles. The van der Waals surface area contributed by atoms with Gasteiger partial charge in [0.05, 0.1) is 25.6 Å². The Hall–Kier alpha value is -2.12. The first-order chi connectivity index (χ1) is 11.6. The molecule has 2 aromatic rings. The summed E-state index contributed by atoms with van der Waals surface area (Å²) in [6.07, 6.45) is 2.54. The second-order valence-corrected chi connectivity index (χ2v) is 8.97. The number of furan rings is 1. The minimum absolute atomic E-state index is 0.0161. The van der Waals surface area contributed by atoms with Crippen molar-refractivity contribution in [1.29, 1.82) is 0 Å². The minimum Gasteiger partial charge on any atom is -0.468 e. The maximum Gasteiger partial charge on any atom is 0.239 e. The maximum atomic E-state index is 12.2. The monoisotopic (exact) mass is 364 g/mol. The van der Waals surface area contributed by atoms with Gasteiger partial charge in [-0.1, -0.05) is 32.9 Å². The van der Waals surface area contributed by atoms with Crippen LogP contribution in [0.1, 0.15) is 32.1 Å². The molecule has 0 radical (unpaired) electrons. The number of rotatable bonds is 6. The third-order valence-corrected chi connectivity index (χ3v) is 4.93. The standard InChI is InChI=1S/C18H24N2O4S/c1-18(2,3)14-7-9-15(10-8-14)19-17(21)13-20(25(4,22)23)12-16-6-5-11-24-16/h5-11H,12-13H2,1-4H3,(H,19,21). The number of nitrogens with one attached hydrogen (secondary N) is 1. The second-order valence-electron chi connectivity index (χ2n) is 6.99. The van der Waals surface area contributed by atoms with Crippen molar-refractivity contribution in [2.24, 2.45) is 0 Å². The van der Waals surface area contributed by atoms with Crippen molar-refractivity contribution in [3.05, 3.63) is 54.0 Å². The van der Waals surface area contributed by atoms with Gasteiger partial charge in [-0.2, -0.15) is 4.31 Å². The smallest absolute Gasteiger partial charge is 0.239 e. The zero-order valence-corrected chi connectivity index (χ0v) is 15.8. The van der Waals surface area contributed by atoms with E-state index in [1.165, 1.54) is 6.26 Å². The quantitative estimate of drug-likeness (QED) is 0.854. The Kier molecular flexibility index (Phi) is 5.69. The molecule has 1 amide bonds. The molecule has 7 heteroatoms. The van der Waals surface area contributed by atoms with Gasteiger partial charge in [0.15, 0.2) is 0 Å². The van der Waals surface area contributed by atoms with E-state index in [1.807, 2.05) is 24.3 Å². The van der Waals surface area contributed by atoms with E-state index in [0.717, 1.165) is 16.1 Å². The van der Waals surface area contributed by atoms with E-state index in [2.05, 4.69) is 26.1 Å². The summed E-state index contributed by atoms with van der Waals surface area (Å²) in [7, 11) is -3.54. The van der Waals surface area contributed by atoms with Crippen LogP contribution < -0.4 is 5.32 Å². The summed E-state index contributed by atoms with van der Waals surface area (Å²) < 4.78 is 30.1. The molecule has 136 valence electrons. The third kappa shape index (κ3) is 5.72. The summed E-state index contributed by atoms with van der Waals surface area (Å²) in [4.78, 5) is 12.2. The average molecular weight is 364 g/mol. The summed E-state index contributed by atoms with van der Waals surface area (Å²) in [5, 5.41) is 2.73. The number of benzene rings is 1. The fourth-order valence-electron chi connectivity index (χ4n) is 2.28. The van der Waals surface area contributed by atoms with Gasteiger partial charge in [0.2, 0.25) is 15.9 Å². The first-order valence-electron chi connectivity index (χ1n) is 7.93. The van der Waals surface area contributed by atoms with Crippen LogP contribution in [0.3, 0.4) is 0 Å². The van der Waals surface area contributed by atoms with Crippen molar-refractivity contribution >= 4 is 21.6 Å².